The molecule has 2 fully saturated rings. The average molecular weight is 340 g/mol. The predicted octanol–water partition coefficient (Wildman–Crippen LogP) is 2.53. The van der Waals surface area contributed by atoms with Crippen LogP contribution in [0.5, 0.6) is 0 Å². The van der Waals surface area contributed by atoms with Crippen molar-refractivity contribution >= 4 is 22.8 Å². The summed E-state index contributed by atoms with van der Waals surface area (Å²) < 4.78 is 1.88. The van der Waals surface area contributed by atoms with Crippen molar-refractivity contribution in [1.82, 2.24) is 24.7 Å². The number of anilines is 1. The van der Waals surface area contributed by atoms with Gasteiger partial charge in [0.25, 0.3) is 0 Å². The quantitative estimate of drug-likeness (QED) is 0.717. The summed E-state index contributed by atoms with van der Waals surface area (Å²) >= 11 is 1.67. The highest BCUT2D eigenvalue weighted by Gasteiger charge is 2.29. The van der Waals surface area contributed by atoms with Crippen LogP contribution in [-0.4, -0.2) is 56.9 Å². The maximum Gasteiger partial charge on any atom is 0.186 e. The van der Waals surface area contributed by atoms with Gasteiger partial charge in [0.05, 0.1) is 0 Å². The minimum absolute atomic E-state index is 0.683. The van der Waals surface area contributed by atoms with Crippen LogP contribution in [0.3, 0.4) is 0 Å². The van der Waals surface area contributed by atoms with Gasteiger partial charge >= 0.3 is 0 Å². The number of piperidine rings is 1. The first kappa shape index (κ1) is 14.4. The fourth-order valence-corrected chi connectivity index (χ4v) is 4.52. The van der Waals surface area contributed by atoms with E-state index < -0.39 is 0 Å². The Morgan fingerprint density at radius 1 is 1.04 bits per heavy atom. The van der Waals surface area contributed by atoms with Crippen LogP contribution in [-0.2, 0) is 0 Å². The lowest BCUT2D eigenvalue weighted by Gasteiger charge is -2.44. The molecule has 1 atom stereocenters. The molecule has 24 heavy (non-hydrogen) atoms. The van der Waals surface area contributed by atoms with Gasteiger partial charge in [-0.05, 0) is 43.0 Å². The molecular weight excluding hydrogens is 320 g/mol. The van der Waals surface area contributed by atoms with Gasteiger partial charge in [-0.2, -0.15) is 15.9 Å². The Morgan fingerprint density at radius 3 is 2.96 bits per heavy atom. The van der Waals surface area contributed by atoms with Crippen LogP contribution in [0.15, 0.2) is 29.0 Å². The largest absolute Gasteiger partial charge is 0.352 e. The van der Waals surface area contributed by atoms with Crippen molar-refractivity contribution in [2.45, 2.75) is 25.3 Å². The number of nitrogens with zero attached hydrogens (tertiary/aromatic N) is 6. The summed E-state index contributed by atoms with van der Waals surface area (Å²) in [5.41, 5.74) is 1.88. The van der Waals surface area contributed by atoms with E-state index in [0.29, 0.717) is 6.04 Å². The molecular formula is C17H20N6S. The lowest BCUT2D eigenvalue weighted by Crippen LogP contribution is -2.55. The third-order valence-electron chi connectivity index (χ3n) is 5.19. The third kappa shape index (κ3) is 2.39. The Labute approximate surface area is 144 Å². The summed E-state index contributed by atoms with van der Waals surface area (Å²) in [6.07, 6.45) is 4.02. The second kappa shape index (κ2) is 5.82. The summed E-state index contributed by atoms with van der Waals surface area (Å²) in [5.74, 6) is 1.86. The Bertz CT molecular complexity index is 842. The van der Waals surface area contributed by atoms with Crippen molar-refractivity contribution in [2.24, 2.45) is 0 Å². The average Bonchev–Trinajstić information content (AvgIpc) is 3.30. The molecule has 5 rings (SSSR count). The highest BCUT2D eigenvalue weighted by atomic mass is 32.1. The summed E-state index contributed by atoms with van der Waals surface area (Å²) in [6, 6.07) is 6.86. The molecule has 2 aliphatic heterocycles. The molecule has 0 N–H and O–H groups in total. The van der Waals surface area contributed by atoms with Gasteiger partial charge in [0, 0.05) is 36.6 Å². The van der Waals surface area contributed by atoms with Gasteiger partial charge < -0.3 is 4.90 Å². The van der Waals surface area contributed by atoms with Gasteiger partial charge in [-0.15, -0.1) is 15.3 Å². The number of piperazine rings is 1. The van der Waals surface area contributed by atoms with Crippen molar-refractivity contribution in [3.63, 3.8) is 0 Å². The van der Waals surface area contributed by atoms with E-state index in [1.807, 2.05) is 10.6 Å². The first-order chi connectivity index (χ1) is 11.9. The second-order valence-electron chi connectivity index (χ2n) is 6.63. The van der Waals surface area contributed by atoms with E-state index >= 15 is 0 Å². The Balaban J connectivity index is 1.48. The SMILES string of the molecule is c1cc(-c2nnc3ccc(N4CCN5CCCCC5C4)nn23)cs1. The normalized spacial score (nSPS) is 22.0. The fraction of sp³-hybridized carbons (Fsp3) is 0.471. The molecule has 0 bridgehead atoms. The van der Waals surface area contributed by atoms with Crippen molar-refractivity contribution in [3.05, 3.63) is 29.0 Å². The summed E-state index contributed by atoms with van der Waals surface area (Å²) in [4.78, 5) is 5.07. The van der Waals surface area contributed by atoms with Crippen LogP contribution >= 0.6 is 11.3 Å². The molecule has 6 nitrogen and oxygen atoms in total. The zero-order valence-corrected chi connectivity index (χ0v) is 14.3. The molecule has 0 aliphatic carbocycles. The molecule has 124 valence electrons. The fourth-order valence-electron chi connectivity index (χ4n) is 3.88. The van der Waals surface area contributed by atoms with Crippen molar-refractivity contribution in [3.8, 4) is 11.4 Å². The molecule has 3 aromatic rings. The van der Waals surface area contributed by atoms with E-state index in [0.717, 1.165) is 42.5 Å². The topological polar surface area (TPSA) is 49.6 Å². The van der Waals surface area contributed by atoms with Crippen LogP contribution in [0, 0.1) is 0 Å². The number of aromatic nitrogens is 4. The van der Waals surface area contributed by atoms with E-state index in [1.165, 1.54) is 25.8 Å². The van der Waals surface area contributed by atoms with Crippen molar-refractivity contribution in [1.29, 1.82) is 0 Å². The van der Waals surface area contributed by atoms with Gasteiger partial charge in [-0.3, -0.25) is 4.90 Å². The molecule has 5 heterocycles. The van der Waals surface area contributed by atoms with E-state index in [9.17, 15) is 0 Å². The van der Waals surface area contributed by atoms with Crippen LogP contribution in [0.2, 0.25) is 0 Å². The zero-order valence-electron chi connectivity index (χ0n) is 13.5. The van der Waals surface area contributed by atoms with Gasteiger partial charge in [-0.1, -0.05) is 6.42 Å². The molecule has 0 radical (unpaired) electrons. The van der Waals surface area contributed by atoms with Gasteiger partial charge in [0.1, 0.15) is 5.82 Å². The molecule has 7 heteroatoms. The van der Waals surface area contributed by atoms with Gasteiger partial charge in [-0.25, -0.2) is 0 Å². The summed E-state index contributed by atoms with van der Waals surface area (Å²) in [5, 5.41) is 17.6. The van der Waals surface area contributed by atoms with Gasteiger partial charge in [0.15, 0.2) is 11.5 Å². The Hall–Kier alpha value is -1.99. The zero-order chi connectivity index (χ0) is 15.9. The standard InChI is InChI=1S/C17H20N6S/c1-2-7-21-8-9-22(11-14(21)3-1)16-5-4-15-18-19-17(23(15)20-16)13-6-10-24-12-13/h4-6,10,12,14H,1-3,7-9,11H2. The third-order valence-corrected chi connectivity index (χ3v) is 5.87. The monoisotopic (exact) mass is 340 g/mol. The molecule has 2 aliphatic rings. The van der Waals surface area contributed by atoms with E-state index in [2.05, 4.69) is 42.9 Å². The number of rotatable bonds is 2. The van der Waals surface area contributed by atoms with Crippen LogP contribution in [0.1, 0.15) is 19.3 Å². The van der Waals surface area contributed by atoms with E-state index in [4.69, 9.17) is 5.10 Å². The lowest BCUT2D eigenvalue weighted by molar-refractivity contribution is 0.133. The predicted molar refractivity (Wildman–Crippen MR) is 95.5 cm³/mol. The Kier molecular flexibility index (Phi) is 3.48. The maximum absolute atomic E-state index is 4.86. The molecule has 0 amide bonds. The number of hydrogen-bond acceptors (Lipinski definition) is 6. The van der Waals surface area contributed by atoms with Crippen molar-refractivity contribution < 1.29 is 0 Å². The minimum Gasteiger partial charge on any atom is -0.352 e. The molecule has 0 aromatic carbocycles. The first-order valence-corrected chi connectivity index (χ1v) is 9.57. The van der Waals surface area contributed by atoms with E-state index in [-0.39, 0.29) is 0 Å². The summed E-state index contributed by atoms with van der Waals surface area (Å²) in [6.45, 7) is 4.53. The van der Waals surface area contributed by atoms with Crippen LogP contribution in [0.4, 0.5) is 5.82 Å². The van der Waals surface area contributed by atoms with Gasteiger partial charge in [0.2, 0.25) is 0 Å². The molecule has 1 unspecified atom stereocenters. The molecule has 2 saturated heterocycles. The highest BCUT2D eigenvalue weighted by Crippen LogP contribution is 2.25. The van der Waals surface area contributed by atoms with E-state index in [1.54, 1.807) is 11.3 Å². The number of thiophene rings is 1. The maximum atomic E-state index is 4.86. The smallest absolute Gasteiger partial charge is 0.186 e. The Morgan fingerprint density at radius 2 is 2.04 bits per heavy atom. The second-order valence-corrected chi connectivity index (χ2v) is 7.41. The summed E-state index contributed by atoms with van der Waals surface area (Å²) in [7, 11) is 0. The number of hydrogen-bond donors (Lipinski definition) is 0. The number of fused-ring (bicyclic) bond motifs is 2. The lowest BCUT2D eigenvalue weighted by atomic mass is 9.99. The van der Waals surface area contributed by atoms with Crippen LogP contribution < -0.4 is 4.90 Å². The molecule has 0 spiro atoms. The highest BCUT2D eigenvalue weighted by molar-refractivity contribution is 7.08. The first-order valence-electron chi connectivity index (χ1n) is 8.62. The van der Waals surface area contributed by atoms with Crippen LogP contribution in [0.25, 0.3) is 17.0 Å². The minimum atomic E-state index is 0.683. The molecule has 0 saturated carbocycles. The van der Waals surface area contributed by atoms with Crippen molar-refractivity contribution in [2.75, 3.05) is 31.1 Å². The molecule has 3 aromatic heterocycles.